The van der Waals surface area contributed by atoms with Gasteiger partial charge in [0, 0.05) is 74.4 Å². The van der Waals surface area contributed by atoms with Crippen LogP contribution in [0.15, 0.2) is 198 Å². The minimum absolute atomic E-state index is 0.668. The minimum Gasteiger partial charge on any atom is -0.309 e. The zero-order chi connectivity index (χ0) is 38.2. The van der Waals surface area contributed by atoms with Crippen LogP contribution in [0.25, 0.3) is 84.7 Å². The van der Waals surface area contributed by atoms with Gasteiger partial charge in [0.15, 0.2) is 5.84 Å². The SMILES string of the molecule is C1=C(c2ccc3c(c2)sc2ccccc23)N=C(c2cccc(-c3cccc4c3c3ccccc3n4-c3ccccc3)c2)N=C(c2ccc3c(c2)sc2ccccc23)C1. The second-order valence-electron chi connectivity index (χ2n) is 14.9. The second-order valence-corrected chi connectivity index (χ2v) is 17.0. The van der Waals surface area contributed by atoms with Crippen LogP contribution in [0.5, 0.6) is 0 Å². The number of thiophene rings is 2. The van der Waals surface area contributed by atoms with Crippen molar-refractivity contribution in [2.24, 2.45) is 9.98 Å². The highest BCUT2D eigenvalue weighted by Gasteiger charge is 2.19. The van der Waals surface area contributed by atoms with Gasteiger partial charge < -0.3 is 4.57 Å². The largest absolute Gasteiger partial charge is 0.309 e. The summed E-state index contributed by atoms with van der Waals surface area (Å²) < 4.78 is 7.52. The smallest absolute Gasteiger partial charge is 0.160 e. The summed E-state index contributed by atoms with van der Waals surface area (Å²) in [5.41, 5.74) is 11.0. The summed E-state index contributed by atoms with van der Waals surface area (Å²) in [4.78, 5) is 10.9. The van der Waals surface area contributed by atoms with Gasteiger partial charge in [-0.1, -0.05) is 133 Å². The molecule has 12 rings (SSSR count). The molecule has 0 spiro atoms. The van der Waals surface area contributed by atoms with Crippen LogP contribution < -0.4 is 0 Å². The van der Waals surface area contributed by atoms with Gasteiger partial charge in [0.2, 0.25) is 0 Å². The van der Waals surface area contributed by atoms with Crippen LogP contribution in [-0.2, 0) is 0 Å². The molecule has 58 heavy (non-hydrogen) atoms. The molecule has 1 aliphatic rings. The van der Waals surface area contributed by atoms with E-state index in [1.165, 1.54) is 67.7 Å². The van der Waals surface area contributed by atoms with E-state index in [1.54, 1.807) is 0 Å². The average Bonchev–Trinajstić information content (AvgIpc) is 3.89. The number of amidine groups is 1. The third-order valence-electron chi connectivity index (χ3n) is 11.5. The summed E-state index contributed by atoms with van der Waals surface area (Å²) >= 11 is 3.68. The molecule has 272 valence electrons. The molecule has 0 saturated carbocycles. The molecule has 0 unspecified atom stereocenters. The first-order valence-corrected chi connectivity index (χ1v) is 21.2. The van der Waals surface area contributed by atoms with E-state index in [1.807, 2.05) is 22.7 Å². The highest BCUT2D eigenvalue weighted by molar-refractivity contribution is 7.26. The van der Waals surface area contributed by atoms with Crippen LogP contribution in [0.4, 0.5) is 0 Å². The topological polar surface area (TPSA) is 29.6 Å². The van der Waals surface area contributed by atoms with Crippen LogP contribution in [0.3, 0.4) is 0 Å². The highest BCUT2D eigenvalue weighted by atomic mass is 32.1. The molecule has 5 heteroatoms. The molecule has 0 aliphatic carbocycles. The third kappa shape index (κ3) is 5.39. The number of allylic oxidation sites excluding steroid dienone is 1. The van der Waals surface area contributed by atoms with Gasteiger partial charge in [-0.2, -0.15) is 0 Å². The predicted molar refractivity (Wildman–Crippen MR) is 251 cm³/mol. The van der Waals surface area contributed by atoms with Crippen molar-refractivity contribution in [3.05, 3.63) is 205 Å². The van der Waals surface area contributed by atoms with Crippen molar-refractivity contribution in [3.63, 3.8) is 0 Å². The van der Waals surface area contributed by atoms with Crippen molar-refractivity contribution in [1.82, 2.24) is 4.57 Å². The Morgan fingerprint density at radius 2 is 1.02 bits per heavy atom. The Bertz CT molecular complexity index is 3540. The first-order chi connectivity index (χ1) is 28.7. The van der Waals surface area contributed by atoms with E-state index in [9.17, 15) is 0 Å². The Hall–Kier alpha value is -6.92. The first-order valence-electron chi connectivity index (χ1n) is 19.6. The second kappa shape index (κ2) is 13.3. The molecule has 3 aromatic heterocycles. The summed E-state index contributed by atoms with van der Waals surface area (Å²) in [5.74, 6) is 0.715. The number of hydrogen-bond acceptors (Lipinski definition) is 4. The Balaban J connectivity index is 1.03. The maximum Gasteiger partial charge on any atom is 0.160 e. The van der Waals surface area contributed by atoms with Gasteiger partial charge in [0.05, 0.1) is 22.4 Å². The van der Waals surface area contributed by atoms with E-state index in [2.05, 4.69) is 193 Å². The van der Waals surface area contributed by atoms with Gasteiger partial charge in [-0.05, 0) is 71.3 Å². The van der Waals surface area contributed by atoms with Crippen LogP contribution in [-0.4, -0.2) is 16.1 Å². The number of aromatic nitrogens is 1. The van der Waals surface area contributed by atoms with E-state index in [4.69, 9.17) is 9.98 Å². The number of nitrogens with zero attached hydrogens (tertiary/aromatic N) is 3. The number of fused-ring (bicyclic) bond motifs is 9. The number of rotatable bonds is 5. The van der Waals surface area contributed by atoms with Crippen molar-refractivity contribution in [2.75, 3.05) is 0 Å². The molecule has 0 saturated heterocycles. The van der Waals surface area contributed by atoms with E-state index in [0.717, 1.165) is 39.3 Å². The van der Waals surface area contributed by atoms with Gasteiger partial charge >= 0.3 is 0 Å². The molecule has 8 aromatic carbocycles. The molecule has 4 heterocycles. The zero-order valence-corrected chi connectivity index (χ0v) is 32.9. The first kappa shape index (κ1) is 33.2. The monoisotopic (exact) mass is 775 g/mol. The normalized spacial score (nSPS) is 13.4. The molecule has 3 nitrogen and oxygen atoms in total. The molecule has 1 aliphatic heterocycles. The van der Waals surface area contributed by atoms with Crippen LogP contribution in [0, 0.1) is 0 Å². The Morgan fingerprint density at radius 1 is 0.414 bits per heavy atom. The van der Waals surface area contributed by atoms with E-state index >= 15 is 0 Å². The number of hydrogen-bond donors (Lipinski definition) is 0. The summed E-state index contributed by atoms with van der Waals surface area (Å²) in [7, 11) is 0. The molecule has 0 N–H and O–H groups in total. The number of benzene rings is 8. The molecule has 0 atom stereocenters. The maximum absolute atomic E-state index is 5.46. The summed E-state index contributed by atoms with van der Waals surface area (Å²) in [5, 5.41) is 7.64. The Labute approximate surface area is 342 Å². The Morgan fingerprint density at radius 3 is 1.79 bits per heavy atom. The van der Waals surface area contributed by atoms with Crippen molar-refractivity contribution in [2.45, 2.75) is 6.42 Å². The standard InChI is InChI=1S/C53H33N3S2/c1-2-14-37(15-3-1)56-46-20-7-4-18-43(46)52-38(19-11-21-47(52)56)33-12-10-13-36(30-33)53-54-44(34-24-26-41-39-16-5-8-22-48(39)57-50(41)31-34)28-29-45(55-53)35-25-27-42-40-17-6-9-23-49(40)58-51(42)32-35/h1-28,30-32H,29H2. The predicted octanol–water partition coefficient (Wildman–Crippen LogP) is 14.9. The molecule has 0 radical (unpaired) electrons. The lowest BCUT2D eigenvalue weighted by molar-refractivity contribution is 1.18. The van der Waals surface area contributed by atoms with Gasteiger partial charge in [0.25, 0.3) is 0 Å². The van der Waals surface area contributed by atoms with Gasteiger partial charge in [0.1, 0.15) is 0 Å². The van der Waals surface area contributed by atoms with Crippen LogP contribution in [0.2, 0.25) is 0 Å². The highest BCUT2D eigenvalue weighted by Crippen LogP contribution is 2.40. The van der Waals surface area contributed by atoms with Crippen molar-refractivity contribution >= 4 is 102 Å². The lowest BCUT2D eigenvalue weighted by Crippen LogP contribution is -2.05. The lowest BCUT2D eigenvalue weighted by atomic mass is 9.97. The summed E-state index contributed by atoms with van der Waals surface area (Å²) in [6.07, 6.45) is 2.93. The molecule has 11 aromatic rings. The van der Waals surface area contributed by atoms with Crippen molar-refractivity contribution in [1.29, 1.82) is 0 Å². The van der Waals surface area contributed by atoms with Gasteiger partial charge in [-0.15, -0.1) is 22.7 Å². The number of para-hydroxylation sites is 2. The van der Waals surface area contributed by atoms with Crippen LogP contribution in [0.1, 0.15) is 23.1 Å². The minimum atomic E-state index is 0.668. The van der Waals surface area contributed by atoms with Crippen molar-refractivity contribution in [3.8, 4) is 16.8 Å². The third-order valence-corrected chi connectivity index (χ3v) is 13.8. The van der Waals surface area contributed by atoms with Crippen LogP contribution >= 0.6 is 22.7 Å². The Kier molecular flexibility index (Phi) is 7.65. The van der Waals surface area contributed by atoms with Crippen molar-refractivity contribution < 1.29 is 0 Å². The molecule has 0 amide bonds. The van der Waals surface area contributed by atoms with Gasteiger partial charge in [-0.3, -0.25) is 0 Å². The van der Waals surface area contributed by atoms with E-state index < -0.39 is 0 Å². The van der Waals surface area contributed by atoms with Gasteiger partial charge in [-0.25, -0.2) is 9.98 Å². The maximum atomic E-state index is 5.46. The van der Waals surface area contributed by atoms with E-state index in [-0.39, 0.29) is 0 Å². The molecular weight excluding hydrogens is 743 g/mol. The fourth-order valence-electron chi connectivity index (χ4n) is 8.78. The fraction of sp³-hybridized carbons (Fsp3) is 0.0189. The zero-order valence-electron chi connectivity index (χ0n) is 31.3. The summed E-state index contributed by atoms with van der Waals surface area (Å²) in [6.45, 7) is 0. The lowest BCUT2D eigenvalue weighted by Gasteiger charge is -2.10. The summed E-state index contributed by atoms with van der Waals surface area (Å²) in [6, 6.07) is 65.8. The molecular formula is C53H33N3S2. The fourth-order valence-corrected chi connectivity index (χ4v) is 11.1. The molecule has 0 fully saturated rings. The molecule has 0 bridgehead atoms. The van der Waals surface area contributed by atoms with E-state index in [0.29, 0.717) is 12.3 Å². The quantitative estimate of drug-likeness (QED) is 0.167. The average molecular weight is 776 g/mol. The number of aliphatic imine (C=N–C) groups is 2.